The molecule has 152 valence electrons. The Morgan fingerprint density at radius 2 is 1.71 bits per heavy atom. The van der Waals surface area contributed by atoms with E-state index in [1.54, 1.807) is 6.92 Å². The lowest BCUT2D eigenvalue weighted by Crippen LogP contribution is -2.51. The van der Waals surface area contributed by atoms with Gasteiger partial charge in [-0.15, -0.1) is 0 Å². The highest BCUT2D eigenvalue weighted by atomic mass is 16.2. The van der Waals surface area contributed by atoms with E-state index in [4.69, 9.17) is 0 Å². The second-order valence-electron chi connectivity index (χ2n) is 7.97. The Hall–Kier alpha value is -2.41. The number of carbonyl (C=O) groups excluding carboxylic acids is 3. The van der Waals surface area contributed by atoms with Crippen LogP contribution in [0, 0.1) is 0 Å². The van der Waals surface area contributed by atoms with Crippen molar-refractivity contribution in [2.24, 2.45) is 0 Å². The lowest BCUT2D eigenvalue weighted by Gasteiger charge is -2.25. The molecule has 2 saturated heterocycles. The maximum absolute atomic E-state index is 12.8. The van der Waals surface area contributed by atoms with E-state index in [1.807, 2.05) is 30.3 Å². The number of urea groups is 1. The highest BCUT2D eigenvalue weighted by Crippen LogP contribution is 2.22. The van der Waals surface area contributed by atoms with Crippen molar-refractivity contribution < 1.29 is 14.4 Å². The summed E-state index contributed by atoms with van der Waals surface area (Å²) in [5.74, 6) is -0.731. The summed E-state index contributed by atoms with van der Waals surface area (Å²) in [6, 6.07) is 9.26. The number of imide groups is 1. The molecular weight excluding hydrogens is 356 g/mol. The number of rotatable bonds is 6. The Balaban J connectivity index is 1.54. The minimum Gasteiger partial charge on any atom is -0.322 e. The summed E-state index contributed by atoms with van der Waals surface area (Å²) in [7, 11) is 0. The fourth-order valence-corrected chi connectivity index (χ4v) is 3.83. The quantitative estimate of drug-likeness (QED) is 0.735. The molecule has 2 N–H and O–H groups in total. The van der Waals surface area contributed by atoms with Gasteiger partial charge in [0.15, 0.2) is 0 Å². The van der Waals surface area contributed by atoms with Gasteiger partial charge < -0.3 is 5.32 Å². The highest BCUT2D eigenvalue weighted by Gasteiger charge is 2.48. The van der Waals surface area contributed by atoms with Crippen LogP contribution in [0.1, 0.15) is 51.0 Å². The van der Waals surface area contributed by atoms with E-state index in [0.717, 1.165) is 36.5 Å². The van der Waals surface area contributed by atoms with E-state index in [0.29, 0.717) is 12.8 Å². The van der Waals surface area contributed by atoms with Gasteiger partial charge in [-0.3, -0.25) is 19.9 Å². The second kappa shape index (κ2) is 9.19. The van der Waals surface area contributed by atoms with Crippen LogP contribution >= 0.6 is 0 Å². The Morgan fingerprint density at radius 3 is 2.39 bits per heavy atom. The van der Waals surface area contributed by atoms with Gasteiger partial charge in [0.1, 0.15) is 5.54 Å². The van der Waals surface area contributed by atoms with Crippen molar-refractivity contribution in [3.8, 4) is 0 Å². The van der Waals surface area contributed by atoms with Crippen LogP contribution < -0.4 is 10.7 Å². The molecule has 2 aliphatic heterocycles. The van der Waals surface area contributed by atoms with Gasteiger partial charge >= 0.3 is 6.03 Å². The third-order valence-corrected chi connectivity index (χ3v) is 5.57. The van der Waals surface area contributed by atoms with E-state index < -0.39 is 17.5 Å². The smallest absolute Gasteiger partial charge is 0.322 e. The van der Waals surface area contributed by atoms with Crippen molar-refractivity contribution in [1.82, 2.24) is 20.7 Å². The van der Waals surface area contributed by atoms with Crippen molar-refractivity contribution in [2.45, 2.75) is 57.4 Å². The number of nitrogens with zero attached hydrogens (tertiary/aromatic N) is 2. The molecule has 0 bridgehead atoms. The van der Waals surface area contributed by atoms with E-state index in [-0.39, 0.29) is 12.5 Å². The predicted octanol–water partition coefficient (Wildman–Crippen LogP) is 2.23. The largest absolute Gasteiger partial charge is 0.344 e. The second-order valence-corrected chi connectivity index (χ2v) is 7.97. The lowest BCUT2D eigenvalue weighted by molar-refractivity contribution is -0.139. The van der Waals surface area contributed by atoms with Gasteiger partial charge in [-0.25, -0.2) is 4.79 Å². The van der Waals surface area contributed by atoms with Crippen molar-refractivity contribution in [2.75, 3.05) is 19.6 Å². The van der Waals surface area contributed by atoms with E-state index >= 15 is 0 Å². The van der Waals surface area contributed by atoms with E-state index in [9.17, 15) is 14.4 Å². The Bertz CT molecular complexity index is 701. The zero-order chi connectivity index (χ0) is 20.0. The minimum atomic E-state index is -1.01. The Labute approximate surface area is 166 Å². The van der Waals surface area contributed by atoms with Crippen LogP contribution in [0.5, 0.6) is 0 Å². The van der Waals surface area contributed by atoms with Crippen LogP contribution in [0.4, 0.5) is 4.79 Å². The summed E-state index contributed by atoms with van der Waals surface area (Å²) in [4.78, 5) is 39.6. The number of likely N-dealkylation sites (tertiary alicyclic amines) is 1. The third-order valence-electron chi connectivity index (χ3n) is 5.57. The van der Waals surface area contributed by atoms with Gasteiger partial charge in [0.05, 0.1) is 6.54 Å². The highest BCUT2D eigenvalue weighted by molar-refractivity contribution is 6.07. The molecule has 2 heterocycles. The number of benzene rings is 1. The molecule has 0 saturated carbocycles. The molecule has 1 unspecified atom stereocenters. The maximum Gasteiger partial charge on any atom is 0.344 e. The number of hydrazine groups is 1. The van der Waals surface area contributed by atoms with Crippen LogP contribution in [0.2, 0.25) is 0 Å². The zero-order valence-electron chi connectivity index (χ0n) is 16.6. The summed E-state index contributed by atoms with van der Waals surface area (Å²) >= 11 is 0. The lowest BCUT2D eigenvalue weighted by atomic mass is 9.93. The number of carbonyl (C=O) groups is 3. The van der Waals surface area contributed by atoms with Gasteiger partial charge in [0.25, 0.3) is 11.8 Å². The standard InChI is InChI=1S/C21H30N4O3/c1-21(13-12-17-10-6-5-7-11-17)19(27)25(20(28)22-21)23-18(26)16-24-14-8-3-2-4-9-15-24/h5-7,10-11H,2-4,8-9,12-16H2,1H3,(H,22,28)(H,23,26). The topological polar surface area (TPSA) is 81.8 Å². The molecule has 2 fully saturated rings. The molecule has 1 aromatic carbocycles. The molecular formula is C21H30N4O3. The molecule has 0 aromatic heterocycles. The van der Waals surface area contributed by atoms with Gasteiger partial charge in [0.2, 0.25) is 0 Å². The number of hydrogen-bond donors (Lipinski definition) is 2. The molecule has 7 heteroatoms. The van der Waals surface area contributed by atoms with Crippen molar-refractivity contribution in [3.63, 3.8) is 0 Å². The number of aryl methyl sites for hydroxylation is 1. The Morgan fingerprint density at radius 1 is 1.07 bits per heavy atom. The van der Waals surface area contributed by atoms with E-state index in [1.165, 1.54) is 19.3 Å². The fourth-order valence-electron chi connectivity index (χ4n) is 3.83. The Kier molecular flexibility index (Phi) is 6.67. The van der Waals surface area contributed by atoms with Gasteiger partial charge in [-0.05, 0) is 51.3 Å². The fraction of sp³-hybridized carbons (Fsp3) is 0.571. The van der Waals surface area contributed by atoms with Gasteiger partial charge in [-0.2, -0.15) is 5.01 Å². The van der Waals surface area contributed by atoms with Crippen LogP contribution in [0.3, 0.4) is 0 Å². The van der Waals surface area contributed by atoms with Crippen LogP contribution in [-0.2, 0) is 16.0 Å². The molecule has 3 rings (SSSR count). The van der Waals surface area contributed by atoms with Crippen molar-refractivity contribution in [1.29, 1.82) is 0 Å². The molecule has 0 aliphatic carbocycles. The van der Waals surface area contributed by atoms with Crippen molar-refractivity contribution >= 4 is 17.8 Å². The normalized spacial score (nSPS) is 23.8. The summed E-state index contributed by atoms with van der Waals surface area (Å²) in [6.45, 7) is 3.67. The van der Waals surface area contributed by atoms with Gasteiger partial charge in [-0.1, -0.05) is 49.6 Å². The monoisotopic (exact) mass is 386 g/mol. The molecule has 4 amide bonds. The SMILES string of the molecule is CC1(CCc2ccccc2)NC(=O)N(NC(=O)CN2CCCCCCC2)C1=O. The number of hydrogen-bond acceptors (Lipinski definition) is 4. The summed E-state index contributed by atoms with van der Waals surface area (Å²) in [5.41, 5.74) is 2.60. The van der Waals surface area contributed by atoms with Crippen LogP contribution in [-0.4, -0.2) is 52.9 Å². The van der Waals surface area contributed by atoms with Crippen LogP contribution in [0.15, 0.2) is 30.3 Å². The average molecular weight is 386 g/mol. The zero-order valence-corrected chi connectivity index (χ0v) is 16.6. The third kappa shape index (κ3) is 5.10. The summed E-state index contributed by atoms with van der Waals surface area (Å²) in [5, 5.41) is 3.58. The first-order valence-electron chi connectivity index (χ1n) is 10.2. The first kappa shape index (κ1) is 20.3. The van der Waals surface area contributed by atoms with Gasteiger partial charge in [0, 0.05) is 0 Å². The first-order valence-corrected chi connectivity index (χ1v) is 10.2. The molecule has 28 heavy (non-hydrogen) atoms. The molecule has 1 atom stereocenters. The predicted molar refractivity (Wildman–Crippen MR) is 106 cm³/mol. The molecule has 1 aromatic rings. The van der Waals surface area contributed by atoms with Crippen LogP contribution in [0.25, 0.3) is 0 Å². The average Bonchev–Trinajstić information content (AvgIpc) is 2.87. The minimum absolute atomic E-state index is 0.206. The van der Waals surface area contributed by atoms with Crippen molar-refractivity contribution in [3.05, 3.63) is 35.9 Å². The summed E-state index contributed by atoms with van der Waals surface area (Å²) < 4.78 is 0. The number of amides is 4. The molecule has 0 spiro atoms. The first-order chi connectivity index (χ1) is 13.5. The number of nitrogens with one attached hydrogen (secondary N) is 2. The van der Waals surface area contributed by atoms with E-state index in [2.05, 4.69) is 15.6 Å². The molecule has 7 nitrogen and oxygen atoms in total. The summed E-state index contributed by atoms with van der Waals surface area (Å²) in [6.07, 6.45) is 6.92. The maximum atomic E-state index is 12.8. The molecule has 0 radical (unpaired) electrons. The molecule has 2 aliphatic rings.